The van der Waals surface area contributed by atoms with Crippen molar-refractivity contribution in [2.24, 2.45) is 5.73 Å². The van der Waals surface area contributed by atoms with Crippen LogP contribution in [0, 0.1) is 0 Å². The average Bonchev–Trinajstić information content (AvgIpc) is 2.77. The molecule has 1 aromatic heterocycles. The second kappa shape index (κ2) is 3.20. The van der Waals surface area contributed by atoms with Gasteiger partial charge in [0.15, 0.2) is 0 Å². The fraction of sp³-hybridized carbons (Fsp3) is 0.444. The van der Waals surface area contributed by atoms with Crippen LogP contribution in [-0.4, -0.2) is 43.4 Å². The van der Waals surface area contributed by atoms with Gasteiger partial charge in [-0.3, -0.25) is 14.7 Å². The fourth-order valence-electron chi connectivity index (χ4n) is 2.35. The summed E-state index contributed by atoms with van der Waals surface area (Å²) in [6.07, 6.45) is 1.57. The maximum absolute atomic E-state index is 11.6. The third kappa shape index (κ3) is 1.30. The molecule has 1 unspecified atom stereocenters. The predicted molar refractivity (Wildman–Crippen MR) is 53.6 cm³/mol. The zero-order valence-electron chi connectivity index (χ0n) is 8.91. The van der Waals surface area contributed by atoms with Gasteiger partial charge in [0.25, 0.3) is 0 Å². The molecule has 1 atom stereocenters. The molecule has 1 aromatic rings. The molecule has 2 aliphatic rings. The van der Waals surface area contributed by atoms with Gasteiger partial charge >= 0.3 is 6.03 Å². The number of hydrogen-bond acceptors (Lipinski definition) is 4. The largest absolute Gasteiger partial charge is 0.368 e. The van der Waals surface area contributed by atoms with E-state index in [-0.39, 0.29) is 6.54 Å². The highest BCUT2D eigenvalue weighted by atomic mass is 16.5. The molecule has 8 heteroatoms. The van der Waals surface area contributed by atoms with Gasteiger partial charge in [0.05, 0.1) is 25.0 Å². The highest BCUT2D eigenvalue weighted by molar-refractivity contribution is 5.77. The van der Waals surface area contributed by atoms with Gasteiger partial charge in [-0.2, -0.15) is 10.2 Å². The molecule has 17 heavy (non-hydrogen) atoms. The van der Waals surface area contributed by atoms with E-state index in [9.17, 15) is 14.8 Å². The Morgan fingerprint density at radius 3 is 3.12 bits per heavy atom. The van der Waals surface area contributed by atoms with E-state index in [2.05, 4.69) is 5.10 Å². The summed E-state index contributed by atoms with van der Waals surface area (Å²) < 4.78 is 1.48. The Labute approximate surface area is 96.1 Å². The van der Waals surface area contributed by atoms with Gasteiger partial charge in [0.2, 0.25) is 5.91 Å². The number of nitrogens with zero attached hydrogens (tertiary/aromatic N) is 4. The van der Waals surface area contributed by atoms with Crippen LogP contribution in [0.4, 0.5) is 4.79 Å². The number of hydrogen-bond donors (Lipinski definition) is 2. The summed E-state index contributed by atoms with van der Waals surface area (Å²) in [4.78, 5) is 24.0. The van der Waals surface area contributed by atoms with Crippen molar-refractivity contribution in [1.82, 2.24) is 19.7 Å². The Kier molecular flexibility index (Phi) is 1.90. The molecular formula is C9H11N5O3. The van der Waals surface area contributed by atoms with Crippen LogP contribution in [0.5, 0.6) is 0 Å². The maximum atomic E-state index is 11.6. The van der Waals surface area contributed by atoms with Crippen LogP contribution in [-0.2, 0) is 17.9 Å². The van der Waals surface area contributed by atoms with Crippen molar-refractivity contribution in [3.8, 4) is 0 Å². The van der Waals surface area contributed by atoms with E-state index in [0.717, 1.165) is 11.3 Å². The number of amides is 3. The first-order valence-corrected chi connectivity index (χ1v) is 5.18. The van der Waals surface area contributed by atoms with Crippen LogP contribution in [0.2, 0.25) is 0 Å². The van der Waals surface area contributed by atoms with Crippen LogP contribution in [0.3, 0.4) is 0 Å². The number of carbonyl (C=O) groups is 2. The average molecular weight is 237 g/mol. The molecule has 2 aliphatic heterocycles. The van der Waals surface area contributed by atoms with E-state index < -0.39 is 18.0 Å². The van der Waals surface area contributed by atoms with E-state index in [1.807, 2.05) is 0 Å². The molecule has 3 amide bonds. The number of carbonyl (C=O) groups excluding carboxylic acids is 2. The third-order valence-electron chi connectivity index (χ3n) is 3.14. The normalized spacial score (nSPS) is 21.9. The summed E-state index contributed by atoms with van der Waals surface area (Å²) in [5.41, 5.74) is 6.64. The lowest BCUT2D eigenvalue weighted by molar-refractivity contribution is -0.118. The quantitative estimate of drug-likeness (QED) is 0.647. The number of urea groups is 1. The molecule has 90 valence electrons. The number of rotatable bonds is 2. The summed E-state index contributed by atoms with van der Waals surface area (Å²) in [7, 11) is 0. The number of aromatic nitrogens is 2. The minimum Gasteiger partial charge on any atom is -0.368 e. The minimum atomic E-state index is -0.490. The highest BCUT2D eigenvalue weighted by Gasteiger charge is 2.44. The smallest absolute Gasteiger partial charge is 0.344 e. The summed E-state index contributed by atoms with van der Waals surface area (Å²) in [5.74, 6) is -0.490. The van der Waals surface area contributed by atoms with Gasteiger partial charge in [0, 0.05) is 5.56 Å². The lowest BCUT2D eigenvalue weighted by atomic mass is 10.1. The van der Waals surface area contributed by atoms with Gasteiger partial charge in [-0.15, -0.1) is 0 Å². The van der Waals surface area contributed by atoms with Crippen molar-refractivity contribution in [3.63, 3.8) is 0 Å². The number of hydroxylamine groups is 2. The molecule has 0 radical (unpaired) electrons. The van der Waals surface area contributed by atoms with Gasteiger partial charge in [-0.25, -0.2) is 4.79 Å². The van der Waals surface area contributed by atoms with Gasteiger partial charge in [0.1, 0.15) is 12.6 Å². The van der Waals surface area contributed by atoms with Gasteiger partial charge in [-0.05, 0) is 0 Å². The van der Waals surface area contributed by atoms with Gasteiger partial charge < -0.3 is 10.6 Å². The third-order valence-corrected chi connectivity index (χ3v) is 3.14. The molecule has 0 saturated carbocycles. The molecular weight excluding hydrogens is 226 g/mol. The number of primary amides is 1. The molecule has 0 spiro atoms. The van der Waals surface area contributed by atoms with Crippen molar-refractivity contribution in [3.05, 3.63) is 17.5 Å². The first-order valence-electron chi connectivity index (χ1n) is 5.18. The molecule has 0 aromatic carbocycles. The lowest BCUT2D eigenvalue weighted by Gasteiger charge is -2.21. The molecule has 3 heterocycles. The standard InChI is InChI=1S/C9H11N5O3/c10-8(15)4-13-6-2-12-3-7(5(6)1-11-13)14(17)9(12)16/h1,7,17H,2-4H2,(H2,10,15). The molecule has 2 bridgehead atoms. The summed E-state index contributed by atoms with van der Waals surface area (Å²) >= 11 is 0. The monoisotopic (exact) mass is 237 g/mol. The first kappa shape index (κ1) is 10.1. The van der Waals surface area contributed by atoms with E-state index in [1.54, 1.807) is 6.20 Å². The van der Waals surface area contributed by atoms with Crippen molar-refractivity contribution >= 4 is 11.9 Å². The van der Waals surface area contributed by atoms with E-state index in [0.29, 0.717) is 18.2 Å². The Morgan fingerprint density at radius 1 is 1.65 bits per heavy atom. The summed E-state index contributed by atoms with van der Waals surface area (Å²) in [5, 5.41) is 14.4. The highest BCUT2D eigenvalue weighted by Crippen LogP contribution is 2.36. The fourth-order valence-corrected chi connectivity index (χ4v) is 2.35. The van der Waals surface area contributed by atoms with Crippen LogP contribution in [0.25, 0.3) is 0 Å². The van der Waals surface area contributed by atoms with Crippen molar-refractivity contribution in [2.45, 2.75) is 19.1 Å². The Bertz CT molecular complexity index is 511. The van der Waals surface area contributed by atoms with Crippen LogP contribution in [0.1, 0.15) is 17.3 Å². The van der Waals surface area contributed by atoms with Crippen molar-refractivity contribution in [1.29, 1.82) is 0 Å². The Hall–Kier alpha value is -2.09. The first-order chi connectivity index (χ1) is 8.08. The van der Waals surface area contributed by atoms with E-state index in [1.165, 1.54) is 9.58 Å². The molecule has 3 rings (SSSR count). The Morgan fingerprint density at radius 2 is 2.41 bits per heavy atom. The van der Waals surface area contributed by atoms with Crippen molar-refractivity contribution in [2.75, 3.05) is 6.54 Å². The van der Waals surface area contributed by atoms with Crippen LogP contribution in [0.15, 0.2) is 6.20 Å². The second-order valence-corrected chi connectivity index (χ2v) is 4.19. The summed E-state index contributed by atoms with van der Waals surface area (Å²) in [6.45, 7) is 0.773. The molecule has 0 aliphatic carbocycles. The molecule has 1 saturated heterocycles. The molecule has 3 N–H and O–H groups in total. The van der Waals surface area contributed by atoms with E-state index in [4.69, 9.17) is 5.73 Å². The van der Waals surface area contributed by atoms with Crippen molar-refractivity contribution < 1.29 is 14.8 Å². The van der Waals surface area contributed by atoms with E-state index >= 15 is 0 Å². The second-order valence-electron chi connectivity index (χ2n) is 4.19. The number of nitrogens with two attached hydrogens (primary N) is 1. The van der Waals surface area contributed by atoms with Crippen LogP contribution < -0.4 is 5.73 Å². The zero-order valence-corrected chi connectivity index (χ0v) is 8.91. The maximum Gasteiger partial charge on any atom is 0.344 e. The topological polar surface area (TPSA) is 105 Å². The molecule has 8 nitrogen and oxygen atoms in total. The Balaban J connectivity index is 2.01. The minimum absolute atomic E-state index is 0.0183. The zero-order chi connectivity index (χ0) is 12.2. The molecule has 1 fully saturated rings. The predicted octanol–water partition coefficient (Wildman–Crippen LogP) is -0.950. The number of fused-ring (bicyclic) bond motifs is 4. The SMILES string of the molecule is NC(=O)Cn1ncc2c1CN1CC2N(O)C1=O. The van der Waals surface area contributed by atoms with Crippen LogP contribution >= 0.6 is 0 Å². The summed E-state index contributed by atoms with van der Waals surface area (Å²) in [6, 6.07) is -0.815. The van der Waals surface area contributed by atoms with Gasteiger partial charge in [-0.1, -0.05) is 0 Å². The lowest BCUT2D eigenvalue weighted by Crippen LogP contribution is -2.30.